The second-order valence-electron chi connectivity index (χ2n) is 3.47. The number of nitrogens with zero attached hydrogens (tertiary/aromatic N) is 1. The van der Waals surface area contributed by atoms with Crippen LogP contribution < -0.4 is 6.15 Å². The van der Waals surface area contributed by atoms with Crippen molar-refractivity contribution in [2.24, 2.45) is 5.92 Å². The molecule has 0 radical (unpaired) electrons. The number of halogens is 1. The Balaban J connectivity index is -0.0000000549. The van der Waals surface area contributed by atoms with E-state index in [9.17, 15) is 0 Å². The lowest BCUT2D eigenvalue weighted by Crippen LogP contribution is -1.81. The van der Waals surface area contributed by atoms with E-state index in [1.54, 1.807) is 12.4 Å². The van der Waals surface area contributed by atoms with E-state index in [0.29, 0.717) is 0 Å². The molecule has 1 rings (SSSR count). The molecule has 1 aromatic rings. The van der Waals surface area contributed by atoms with Gasteiger partial charge in [0.05, 0.1) is 0 Å². The van der Waals surface area contributed by atoms with Crippen LogP contribution in [-0.4, -0.2) is 37.7 Å². The number of aromatic nitrogens is 1. The predicted molar refractivity (Wildman–Crippen MR) is 85.5 cm³/mol. The van der Waals surface area contributed by atoms with Gasteiger partial charge in [0.15, 0.2) is 0 Å². The fourth-order valence-electron chi connectivity index (χ4n) is 0.342. The molecule has 21 heavy (non-hydrogen) atoms. The first-order chi connectivity index (χ1) is 8.59. The summed E-state index contributed by atoms with van der Waals surface area (Å²) in [5, 5.41) is 27.9. The number of carboxylic acid groups (broad SMARTS) is 4. The summed E-state index contributed by atoms with van der Waals surface area (Å²) >= 11 is 3.25. The molecule has 0 aliphatic heterocycles. The molecule has 1 aromatic heterocycles. The first-order valence-electron chi connectivity index (χ1n) is 4.98. The van der Waals surface area contributed by atoms with Gasteiger partial charge >= 0.3 is 12.3 Å². The summed E-state index contributed by atoms with van der Waals surface area (Å²) in [6, 6.07) is 3.82. The smallest absolute Gasteiger partial charge is 0.450 e. The Morgan fingerprint density at radius 1 is 1.10 bits per heavy atom. The van der Waals surface area contributed by atoms with Gasteiger partial charge in [-0.2, -0.15) is 0 Å². The SMILES string of the molecule is Brc1cccnc1.C.CC(C)C.N.O=C(O)O.O=C(O)O. The van der Waals surface area contributed by atoms with Crippen molar-refractivity contribution in [3.8, 4) is 0 Å². The summed E-state index contributed by atoms with van der Waals surface area (Å²) in [6.07, 6.45) is -0.176. The average Bonchev–Trinajstić information content (AvgIpc) is 2.15. The fourth-order valence-corrected chi connectivity index (χ4v) is 0.613. The van der Waals surface area contributed by atoms with E-state index in [-0.39, 0.29) is 13.6 Å². The molecule has 0 saturated carbocycles. The van der Waals surface area contributed by atoms with Crippen molar-refractivity contribution in [2.45, 2.75) is 28.2 Å². The van der Waals surface area contributed by atoms with Crippen molar-refractivity contribution >= 4 is 28.2 Å². The third-order valence-electron chi connectivity index (χ3n) is 0.625. The maximum atomic E-state index is 8.56. The van der Waals surface area contributed by atoms with Crippen LogP contribution in [0.4, 0.5) is 9.59 Å². The summed E-state index contributed by atoms with van der Waals surface area (Å²) in [7, 11) is 0. The normalized spacial score (nSPS) is 6.90. The Kier molecular flexibility index (Phi) is 34.9. The summed E-state index contributed by atoms with van der Waals surface area (Å²) < 4.78 is 1.02. The Labute approximate surface area is 133 Å². The molecule has 0 atom stereocenters. The number of rotatable bonds is 0. The molecule has 0 spiro atoms. The van der Waals surface area contributed by atoms with E-state index >= 15 is 0 Å². The topological polar surface area (TPSA) is 163 Å². The lowest BCUT2D eigenvalue weighted by molar-refractivity contribution is 0.135. The second kappa shape index (κ2) is 23.2. The average molecular weight is 373 g/mol. The van der Waals surface area contributed by atoms with Crippen molar-refractivity contribution in [1.82, 2.24) is 11.1 Å². The zero-order chi connectivity index (χ0) is 15.8. The van der Waals surface area contributed by atoms with Gasteiger partial charge in [0.1, 0.15) is 0 Å². The monoisotopic (exact) mass is 372 g/mol. The number of pyridine rings is 1. The van der Waals surface area contributed by atoms with Gasteiger partial charge in [0, 0.05) is 16.9 Å². The highest BCUT2D eigenvalue weighted by molar-refractivity contribution is 9.10. The van der Waals surface area contributed by atoms with Crippen molar-refractivity contribution in [1.29, 1.82) is 0 Å². The van der Waals surface area contributed by atoms with Gasteiger partial charge < -0.3 is 26.6 Å². The molecule has 0 aliphatic carbocycles. The zero-order valence-electron chi connectivity index (χ0n) is 11.5. The molecule has 9 heteroatoms. The van der Waals surface area contributed by atoms with Gasteiger partial charge in [0.25, 0.3) is 0 Å². The lowest BCUT2D eigenvalue weighted by Gasteiger charge is -1.80. The van der Waals surface area contributed by atoms with E-state index in [1.807, 2.05) is 12.1 Å². The van der Waals surface area contributed by atoms with E-state index in [0.717, 1.165) is 10.4 Å². The summed E-state index contributed by atoms with van der Waals surface area (Å²) in [6.45, 7) is 6.50. The van der Waals surface area contributed by atoms with Gasteiger partial charge in [-0.25, -0.2) is 9.59 Å². The van der Waals surface area contributed by atoms with Crippen LogP contribution in [0.15, 0.2) is 29.0 Å². The van der Waals surface area contributed by atoms with Crippen LogP contribution in [-0.2, 0) is 0 Å². The van der Waals surface area contributed by atoms with E-state index in [2.05, 4.69) is 41.7 Å². The molecular weight excluding hydrogens is 348 g/mol. The van der Waals surface area contributed by atoms with Crippen molar-refractivity contribution in [2.75, 3.05) is 0 Å². The predicted octanol–water partition coefficient (Wildman–Crippen LogP) is 4.75. The molecule has 8 nitrogen and oxygen atoms in total. The van der Waals surface area contributed by atoms with Crippen LogP contribution in [0.3, 0.4) is 0 Å². The molecule has 0 fully saturated rings. The molecule has 126 valence electrons. The quantitative estimate of drug-likeness (QED) is 0.435. The second-order valence-corrected chi connectivity index (χ2v) is 4.38. The van der Waals surface area contributed by atoms with Crippen LogP contribution in [0, 0.1) is 5.92 Å². The van der Waals surface area contributed by atoms with Crippen molar-refractivity contribution < 1.29 is 30.0 Å². The molecule has 0 aliphatic rings. The van der Waals surface area contributed by atoms with Crippen LogP contribution in [0.2, 0.25) is 0 Å². The molecule has 0 amide bonds. The molecule has 7 N–H and O–H groups in total. The van der Waals surface area contributed by atoms with Crippen molar-refractivity contribution in [3.05, 3.63) is 29.0 Å². The van der Waals surface area contributed by atoms with Crippen LogP contribution >= 0.6 is 15.9 Å². The highest BCUT2D eigenvalue weighted by atomic mass is 79.9. The number of carbonyl (C=O) groups is 2. The van der Waals surface area contributed by atoms with Crippen LogP contribution in [0.5, 0.6) is 0 Å². The molecule has 0 unspecified atom stereocenters. The Hall–Kier alpha value is -1.87. The van der Waals surface area contributed by atoms with Gasteiger partial charge in [-0.1, -0.05) is 28.2 Å². The minimum atomic E-state index is -1.83. The van der Waals surface area contributed by atoms with E-state index in [4.69, 9.17) is 30.0 Å². The summed E-state index contributed by atoms with van der Waals surface area (Å²) in [5.74, 6) is 0.833. The molecule has 0 aromatic carbocycles. The molecule has 1 heterocycles. The van der Waals surface area contributed by atoms with Gasteiger partial charge in [0.2, 0.25) is 0 Å². The van der Waals surface area contributed by atoms with Crippen LogP contribution in [0.25, 0.3) is 0 Å². The summed E-state index contributed by atoms with van der Waals surface area (Å²) in [4.78, 5) is 20.9. The largest absolute Gasteiger partial charge is 0.503 e. The van der Waals surface area contributed by atoms with Gasteiger partial charge in [-0.3, -0.25) is 4.98 Å². The standard InChI is InChI=1S/C5H4BrN.C4H10.2CH2O3.CH4.H3N/c6-5-2-1-3-7-4-5;1-4(2)3;2*2-1(3)4;;/h1-4H;4H,1-3H3;2*(H2,2,3,4);1H4;1H3. The summed E-state index contributed by atoms with van der Waals surface area (Å²) in [5.41, 5.74) is 0. The minimum Gasteiger partial charge on any atom is -0.450 e. The molecular formula is C12H25BrN2O6. The maximum Gasteiger partial charge on any atom is 0.503 e. The van der Waals surface area contributed by atoms with Gasteiger partial charge in [-0.05, 0) is 34.0 Å². The Morgan fingerprint density at radius 3 is 1.48 bits per heavy atom. The highest BCUT2D eigenvalue weighted by Gasteiger charge is 1.75. The Morgan fingerprint density at radius 2 is 1.38 bits per heavy atom. The lowest BCUT2D eigenvalue weighted by atomic mass is 10.3. The maximum absolute atomic E-state index is 8.56. The van der Waals surface area contributed by atoms with Gasteiger partial charge in [-0.15, -0.1) is 0 Å². The highest BCUT2D eigenvalue weighted by Crippen LogP contribution is 2.02. The van der Waals surface area contributed by atoms with E-state index < -0.39 is 12.3 Å². The number of hydrogen-bond acceptors (Lipinski definition) is 4. The minimum absolute atomic E-state index is 0. The third kappa shape index (κ3) is 126. The molecule has 0 saturated heterocycles. The van der Waals surface area contributed by atoms with Crippen LogP contribution in [0.1, 0.15) is 28.2 Å². The Bertz CT molecular complexity index is 313. The fraction of sp³-hybridized carbons (Fsp3) is 0.417. The van der Waals surface area contributed by atoms with E-state index in [1.165, 1.54) is 0 Å². The van der Waals surface area contributed by atoms with Crippen molar-refractivity contribution in [3.63, 3.8) is 0 Å². The first-order valence-corrected chi connectivity index (χ1v) is 5.78. The first kappa shape index (κ1) is 31.5. The number of hydrogen-bond donors (Lipinski definition) is 5. The zero-order valence-corrected chi connectivity index (χ0v) is 13.1. The molecule has 0 bridgehead atoms. The third-order valence-corrected chi connectivity index (χ3v) is 1.09.